The summed E-state index contributed by atoms with van der Waals surface area (Å²) in [5, 5.41) is 3.22. The van der Waals surface area contributed by atoms with Gasteiger partial charge in [-0.05, 0) is 18.6 Å². The molecular formula is C14H15N3O2. The van der Waals surface area contributed by atoms with Crippen LogP contribution >= 0.6 is 0 Å². The molecule has 5 heteroatoms. The van der Waals surface area contributed by atoms with Crippen molar-refractivity contribution in [2.24, 2.45) is 0 Å². The summed E-state index contributed by atoms with van der Waals surface area (Å²) >= 11 is 0. The Balaban J connectivity index is 2.13. The van der Waals surface area contributed by atoms with Crippen molar-refractivity contribution in [3.05, 3.63) is 30.0 Å². The second-order valence-electron chi connectivity index (χ2n) is 4.45. The van der Waals surface area contributed by atoms with Gasteiger partial charge in [-0.15, -0.1) is 0 Å². The fourth-order valence-corrected chi connectivity index (χ4v) is 2.37. The summed E-state index contributed by atoms with van der Waals surface area (Å²) in [7, 11) is 1.62. The number of carbonyl (C=O) groups excluding carboxylic acids is 1. The monoisotopic (exact) mass is 257 g/mol. The number of aromatic nitrogens is 2. The van der Waals surface area contributed by atoms with Crippen molar-refractivity contribution in [1.29, 1.82) is 0 Å². The van der Waals surface area contributed by atoms with Crippen LogP contribution in [0.2, 0.25) is 0 Å². The predicted molar refractivity (Wildman–Crippen MR) is 72.7 cm³/mol. The average molecular weight is 257 g/mol. The van der Waals surface area contributed by atoms with Gasteiger partial charge in [0.1, 0.15) is 17.1 Å². The first-order valence-electron chi connectivity index (χ1n) is 6.27. The third-order valence-corrected chi connectivity index (χ3v) is 3.30. The molecule has 0 aliphatic carbocycles. The number of methoxy groups -OCH3 is 1. The molecule has 1 aromatic heterocycles. The molecule has 3 rings (SSSR count). The van der Waals surface area contributed by atoms with E-state index < -0.39 is 0 Å². The van der Waals surface area contributed by atoms with Crippen LogP contribution in [-0.4, -0.2) is 29.5 Å². The topological polar surface area (TPSA) is 56.2 Å². The molecule has 0 saturated carbocycles. The standard InChI is InChI=1S/C14H15N3O2/c1-19-11-5-2-4-10(8-11)13-12(9-18)17-7-3-6-15-14(17)16-13/h2,4-5,8-9H,3,6-7H2,1H3,(H,15,16). The Labute approximate surface area is 111 Å². The van der Waals surface area contributed by atoms with Gasteiger partial charge in [-0.3, -0.25) is 4.79 Å². The zero-order valence-corrected chi connectivity index (χ0v) is 10.7. The van der Waals surface area contributed by atoms with Crippen molar-refractivity contribution in [3.8, 4) is 17.0 Å². The number of benzene rings is 1. The van der Waals surface area contributed by atoms with Gasteiger partial charge in [0.05, 0.1) is 7.11 Å². The fraction of sp³-hybridized carbons (Fsp3) is 0.286. The molecule has 0 spiro atoms. The van der Waals surface area contributed by atoms with Gasteiger partial charge in [-0.25, -0.2) is 4.98 Å². The summed E-state index contributed by atoms with van der Waals surface area (Å²) in [6, 6.07) is 7.60. The lowest BCUT2D eigenvalue weighted by Gasteiger charge is -2.15. The number of nitrogens with zero attached hydrogens (tertiary/aromatic N) is 2. The number of aldehydes is 1. The zero-order chi connectivity index (χ0) is 13.2. The van der Waals surface area contributed by atoms with Gasteiger partial charge in [0.2, 0.25) is 5.95 Å². The molecule has 5 nitrogen and oxygen atoms in total. The van der Waals surface area contributed by atoms with E-state index in [0.29, 0.717) is 11.4 Å². The summed E-state index contributed by atoms with van der Waals surface area (Å²) in [5.41, 5.74) is 2.22. The number of rotatable bonds is 3. The number of anilines is 1. The normalized spacial score (nSPS) is 13.5. The number of ether oxygens (including phenoxy) is 1. The van der Waals surface area contributed by atoms with Gasteiger partial charge in [0, 0.05) is 18.7 Å². The lowest BCUT2D eigenvalue weighted by Crippen LogP contribution is -2.18. The molecule has 1 N–H and O–H groups in total. The molecule has 0 fully saturated rings. The van der Waals surface area contributed by atoms with Gasteiger partial charge in [0.25, 0.3) is 0 Å². The maximum atomic E-state index is 11.4. The first kappa shape index (κ1) is 11.8. The lowest BCUT2D eigenvalue weighted by molar-refractivity contribution is 0.111. The SMILES string of the molecule is COc1cccc(-c2nc3n(c2C=O)CCCN3)c1. The Kier molecular flexibility index (Phi) is 2.95. The van der Waals surface area contributed by atoms with Crippen LogP contribution in [0.1, 0.15) is 16.9 Å². The molecule has 19 heavy (non-hydrogen) atoms. The third-order valence-electron chi connectivity index (χ3n) is 3.30. The van der Waals surface area contributed by atoms with Crippen molar-refractivity contribution >= 4 is 12.2 Å². The van der Waals surface area contributed by atoms with E-state index in [4.69, 9.17) is 4.74 Å². The molecule has 1 aromatic carbocycles. The van der Waals surface area contributed by atoms with Crippen molar-refractivity contribution in [2.75, 3.05) is 19.0 Å². The third kappa shape index (κ3) is 1.97. The Hall–Kier alpha value is -2.30. The van der Waals surface area contributed by atoms with E-state index in [2.05, 4.69) is 10.3 Å². The molecule has 2 heterocycles. The smallest absolute Gasteiger partial charge is 0.203 e. The van der Waals surface area contributed by atoms with Crippen LogP contribution in [0, 0.1) is 0 Å². The van der Waals surface area contributed by atoms with E-state index in [9.17, 15) is 4.79 Å². The zero-order valence-electron chi connectivity index (χ0n) is 10.7. The van der Waals surface area contributed by atoms with Gasteiger partial charge in [0.15, 0.2) is 6.29 Å². The summed E-state index contributed by atoms with van der Waals surface area (Å²) in [4.78, 5) is 15.9. The Morgan fingerprint density at radius 3 is 3.16 bits per heavy atom. The van der Waals surface area contributed by atoms with Gasteiger partial charge in [-0.1, -0.05) is 12.1 Å². The quantitative estimate of drug-likeness (QED) is 0.856. The van der Waals surface area contributed by atoms with Crippen molar-refractivity contribution in [3.63, 3.8) is 0 Å². The van der Waals surface area contributed by atoms with Crippen LogP contribution in [0.25, 0.3) is 11.3 Å². The minimum Gasteiger partial charge on any atom is -0.497 e. The molecule has 0 atom stereocenters. The largest absolute Gasteiger partial charge is 0.497 e. The van der Waals surface area contributed by atoms with E-state index in [1.807, 2.05) is 28.8 Å². The first-order valence-corrected chi connectivity index (χ1v) is 6.27. The van der Waals surface area contributed by atoms with Crippen LogP contribution in [0.3, 0.4) is 0 Å². The minimum atomic E-state index is 0.621. The van der Waals surface area contributed by atoms with E-state index in [1.165, 1.54) is 0 Å². The summed E-state index contributed by atoms with van der Waals surface area (Å²) in [5.74, 6) is 1.53. The highest BCUT2D eigenvalue weighted by Crippen LogP contribution is 2.29. The molecule has 0 amide bonds. The number of hydrogen-bond donors (Lipinski definition) is 1. The molecule has 1 aliphatic rings. The maximum absolute atomic E-state index is 11.4. The number of carbonyl (C=O) groups is 1. The van der Waals surface area contributed by atoms with Crippen molar-refractivity contribution < 1.29 is 9.53 Å². The summed E-state index contributed by atoms with van der Waals surface area (Å²) in [6.07, 6.45) is 1.88. The van der Waals surface area contributed by atoms with Gasteiger partial charge in [-0.2, -0.15) is 0 Å². The average Bonchev–Trinajstić information content (AvgIpc) is 2.86. The van der Waals surface area contributed by atoms with E-state index >= 15 is 0 Å². The minimum absolute atomic E-state index is 0.621. The van der Waals surface area contributed by atoms with E-state index in [1.54, 1.807) is 7.11 Å². The number of nitrogens with one attached hydrogen (secondary N) is 1. The van der Waals surface area contributed by atoms with Crippen LogP contribution in [-0.2, 0) is 6.54 Å². The lowest BCUT2D eigenvalue weighted by atomic mass is 10.1. The number of hydrogen-bond acceptors (Lipinski definition) is 4. The van der Waals surface area contributed by atoms with Gasteiger partial charge >= 0.3 is 0 Å². The fourth-order valence-electron chi connectivity index (χ4n) is 2.37. The highest BCUT2D eigenvalue weighted by molar-refractivity contribution is 5.85. The Morgan fingerprint density at radius 2 is 2.37 bits per heavy atom. The van der Waals surface area contributed by atoms with Crippen molar-refractivity contribution in [2.45, 2.75) is 13.0 Å². The molecule has 0 bridgehead atoms. The van der Waals surface area contributed by atoms with Crippen LogP contribution in [0.5, 0.6) is 5.75 Å². The summed E-state index contributed by atoms with van der Waals surface area (Å²) in [6.45, 7) is 1.72. The molecule has 98 valence electrons. The highest BCUT2D eigenvalue weighted by Gasteiger charge is 2.20. The Morgan fingerprint density at radius 1 is 1.47 bits per heavy atom. The molecule has 2 aromatic rings. The molecule has 1 aliphatic heterocycles. The van der Waals surface area contributed by atoms with Crippen molar-refractivity contribution in [1.82, 2.24) is 9.55 Å². The van der Waals surface area contributed by atoms with E-state index in [0.717, 1.165) is 43.1 Å². The van der Waals surface area contributed by atoms with Gasteiger partial charge < -0.3 is 14.6 Å². The van der Waals surface area contributed by atoms with Crippen LogP contribution in [0.4, 0.5) is 5.95 Å². The number of imidazole rings is 1. The molecule has 0 radical (unpaired) electrons. The predicted octanol–water partition coefficient (Wildman–Crippen LogP) is 2.19. The van der Waals surface area contributed by atoms with Crippen LogP contribution < -0.4 is 10.1 Å². The molecular weight excluding hydrogens is 242 g/mol. The van der Waals surface area contributed by atoms with E-state index in [-0.39, 0.29) is 0 Å². The second-order valence-corrected chi connectivity index (χ2v) is 4.45. The number of fused-ring (bicyclic) bond motifs is 1. The highest BCUT2D eigenvalue weighted by atomic mass is 16.5. The molecule has 0 unspecified atom stereocenters. The van der Waals surface area contributed by atoms with Crippen LogP contribution in [0.15, 0.2) is 24.3 Å². The summed E-state index contributed by atoms with van der Waals surface area (Å²) < 4.78 is 7.15. The molecule has 0 saturated heterocycles. The second kappa shape index (κ2) is 4.76. The maximum Gasteiger partial charge on any atom is 0.203 e. The first-order chi connectivity index (χ1) is 9.33. The Bertz CT molecular complexity index is 619.